The van der Waals surface area contributed by atoms with Gasteiger partial charge in [-0.1, -0.05) is 23.9 Å². The Morgan fingerprint density at radius 1 is 0.882 bits per heavy atom. The Balaban J connectivity index is 0. The molecule has 0 radical (unpaired) electrons. The van der Waals surface area contributed by atoms with Crippen LogP contribution in [0.3, 0.4) is 0 Å². The molecule has 34 heavy (non-hydrogen) atoms. The predicted molar refractivity (Wildman–Crippen MR) is 151 cm³/mol. The van der Waals surface area contributed by atoms with Gasteiger partial charge in [0.2, 0.25) is 0 Å². The van der Waals surface area contributed by atoms with E-state index in [1.807, 2.05) is 0 Å². The van der Waals surface area contributed by atoms with Crippen LogP contribution in [0.5, 0.6) is 0 Å². The number of halogens is 5. The summed E-state index contributed by atoms with van der Waals surface area (Å²) in [5, 5.41) is 0.609. The minimum atomic E-state index is -0.266. The lowest BCUT2D eigenvalue weighted by Crippen LogP contribution is -2.48. The summed E-state index contributed by atoms with van der Waals surface area (Å²) in [6.45, 7) is 7.65. The maximum atomic E-state index is 13.1. The van der Waals surface area contributed by atoms with Gasteiger partial charge in [-0.25, -0.2) is 14.4 Å². The van der Waals surface area contributed by atoms with Crippen LogP contribution in [0.4, 0.5) is 16.0 Å². The number of nitrogens with two attached hydrogens (primary N) is 2. The zero-order valence-corrected chi connectivity index (χ0v) is 23.6. The Labute approximate surface area is 231 Å². The Kier molecular flexibility index (Phi) is 18.3. The summed E-state index contributed by atoms with van der Waals surface area (Å²) in [5.41, 5.74) is 13.9. The number of anilines is 2. The van der Waals surface area contributed by atoms with Gasteiger partial charge in [-0.3, -0.25) is 9.80 Å². The number of rotatable bonds is 9. The summed E-state index contributed by atoms with van der Waals surface area (Å²) < 4.78 is 13.1. The molecule has 0 aliphatic carbocycles. The molecule has 0 saturated carbocycles. The highest BCUT2D eigenvalue weighted by Gasteiger charge is 2.17. The minimum absolute atomic E-state index is 0. The molecular weight excluding hydrogens is 543 g/mol. The third-order valence-corrected chi connectivity index (χ3v) is 6.14. The molecule has 1 saturated heterocycles. The van der Waals surface area contributed by atoms with E-state index in [0.29, 0.717) is 28.8 Å². The molecule has 0 amide bonds. The molecule has 4 N–H and O–H groups in total. The van der Waals surface area contributed by atoms with Crippen molar-refractivity contribution in [3.63, 3.8) is 0 Å². The summed E-state index contributed by atoms with van der Waals surface area (Å²) in [5.74, 6) is 1.42. The van der Waals surface area contributed by atoms with Gasteiger partial charge < -0.3 is 16.4 Å². The Morgan fingerprint density at radius 3 is 1.88 bits per heavy atom. The number of aromatic nitrogens is 2. The fourth-order valence-electron chi connectivity index (χ4n) is 3.39. The van der Waals surface area contributed by atoms with E-state index in [0.717, 1.165) is 57.1 Å². The number of thioether (sulfide) groups is 1. The minimum Gasteiger partial charge on any atom is -0.383 e. The molecule has 196 valence electrons. The highest BCUT2D eigenvalue weighted by Crippen LogP contribution is 2.24. The van der Waals surface area contributed by atoms with E-state index >= 15 is 0 Å². The van der Waals surface area contributed by atoms with Gasteiger partial charge in [0.1, 0.15) is 17.5 Å². The van der Waals surface area contributed by atoms with Gasteiger partial charge in [-0.2, -0.15) is 0 Å². The molecule has 2 aromatic rings. The van der Waals surface area contributed by atoms with Crippen LogP contribution in [0.2, 0.25) is 0 Å². The Hall–Kier alpha value is -0.780. The molecule has 1 aliphatic heterocycles. The summed E-state index contributed by atoms with van der Waals surface area (Å²) in [7, 11) is 4.23. The number of nitrogen functional groups attached to an aromatic ring is 2. The van der Waals surface area contributed by atoms with Crippen molar-refractivity contribution in [3.05, 3.63) is 41.2 Å². The number of likely N-dealkylation sites (N-methyl/N-ethyl adjacent to an activating group) is 1. The van der Waals surface area contributed by atoms with E-state index in [1.54, 1.807) is 23.9 Å². The molecule has 0 spiro atoms. The molecule has 7 nitrogen and oxygen atoms in total. The first-order chi connectivity index (χ1) is 14.4. The van der Waals surface area contributed by atoms with E-state index in [1.165, 1.54) is 12.1 Å². The van der Waals surface area contributed by atoms with Crippen LogP contribution in [-0.4, -0.2) is 90.3 Å². The summed E-state index contributed by atoms with van der Waals surface area (Å²) in [6, 6.07) is 6.29. The number of hydrogen-bond donors (Lipinski definition) is 2. The van der Waals surface area contributed by atoms with Gasteiger partial charge in [0.15, 0.2) is 5.16 Å². The fraction of sp³-hybridized carbons (Fsp3) is 0.524. The highest BCUT2D eigenvalue weighted by atomic mass is 35.5. The van der Waals surface area contributed by atoms with Crippen molar-refractivity contribution in [2.45, 2.75) is 11.6 Å². The van der Waals surface area contributed by atoms with E-state index in [2.05, 4.69) is 38.8 Å². The summed E-state index contributed by atoms with van der Waals surface area (Å²) in [6.07, 6.45) is 0.487. The van der Waals surface area contributed by atoms with Crippen LogP contribution in [0.15, 0.2) is 29.4 Å². The molecule has 0 unspecified atom stereocenters. The molecule has 1 aromatic carbocycles. The zero-order chi connectivity index (χ0) is 21.5. The molecule has 1 aromatic heterocycles. The van der Waals surface area contributed by atoms with E-state index < -0.39 is 0 Å². The van der Waals surface area contributed by atoms with Gasteiger partial charge >= 0.3 is 0 Å². The molecular formula is C21H36Cl4FN7S. The van der Waals surface area contributed by atoms with Gasteiger partial charge in [0.05, 0.1) is 0 Å². The van der Waals surface area contributed by atoms with Crippen molar-refractivity contribution < 1.29 is 4.39 Å². The third kappa shape index (κ3) is 11.3. The average molecular weight is 579 g/mol. The van der Waals surface area contributed by atoms with Crippen LogP contribution in [-0.2, 0) is 6.42 Å². The van der Waals surface area contributed by atoms with Gasteiger partial charge in [0.25, 0.3) is 0 Å². The molecule has 2 heterocycles. The van der Waals surface area contributed by atoms with Crippen LogP contribution >= 0.6 is 61.4 Å². The third-order valence-electron chi connectivity index (χ3n) is 5.31. The number of benzene rings is 1. The van der Waals surface area contributed by atoms with Gasteiger partial charge in [-0.05, 0) is 31.8 Å². The number of hydrogen-bond acceptors (Lipinski definition) is 8. The van der Waals surface area contributed by atoms with Gasteiger partial charge in [0, 0.05) is 63.6 Å². The summed E-state index contributed by atoms with van der Waals surface area (Å²) in [4.78, 5) is 16.1. The molecule has 1 fully saturated rings. The first-order valence-corrected chi connectivity index (χ1v) is 11.3. The predicted octanol–water partition coefficient (Wildman–Crippen LogP) is 3.33. The molecule has 0 atom stereocenters. The lowest BCUT2D eigenvalue weighted by molar-refractivity contribution is 0.130. The second-order valence-electron chi connectivity index (χ2n) is 7.89. The Bertz CT molecular complexity index is 802. The maximum Gasteiger partial charge on any atom is 0.191 e. The first kappa shape index (κ1) is 35.4. The second-order valence-corrected chi connectivity index (χ2v) is 8.96. The van der Waals surface area contributed by atoms with Crippen molar-refractivity contribution in [2.75, 3.05) is 77.1 Å². The number of piperazine rings is 1. The quantitative estimate of drug-likeness (QED) is 0.346. The van der Waals surface area contributed by atoms with Crippen LogP contribution in [0, 0.1) is 5.82 Å². The standard InChI is InChI=1S/C21H32FN7S.4ClH/c1-27(2)7-8-28-9-11-29(12-10-28)13-14-30-21-25-19(23)18(20(24)26-21)15-16-3-5-17(22)6-4-16;;;;/h3-6H,7-15H2,1-2H3,(H4,23,24,25,26);4*1H. The van der Waals surface area contributed by atoms with Crippen LogP contribution in [0.25, 0.3) is 0 Å². The normalized spacial score (nSPS) is 13.9. The molecule has 3 rings (SSSR count). The molecule has 1 aliphatic rings. The second kappa shape index (κ2) is 17.6. The van der Waals surface area contributed by atoms with Crippen molar-refractivity contribution in [1.29, 1.82) is 0 Å². The van der Waals surface area contributed by atoms with Crippen molar-refractivity contribution in [3.8, 4) is 0 Å². The summed E-state index contributed by atoms with van der Waals surface area (Å²) >= 11 is 1.58. The highest BCUT2D eigenvalue weighted by molar-refractivity contribution is 7.99. The topological polar surface area (TPSA) is 87.5 Å². The Morgan fingerprint density at radius 2 is 1.38 bits per heavy atom. The average Bonchev–Trinajstić information content (AvgIpc) is 2.71. The lowest BCUT2D eigenvalue weighted by Gasteiger charge is -2.35. The first-order valence-electron chi connectivity index (χ1n) is 10.3. The SMILES string of the molecule is CN(C)CCN1CCN(CCSc2nc(N)c(Cc3ccc(F)cc3)c(N)n2)CC1.Cl.Cl.Cl.Cl. The largest absolute Gasteiger partial charge is 0.383 e. The maximum absolute atomic E-state index is 13.1. The monoisotopic (exact) mass is 577 g/mol. The zero-order valence-electron chi connectivity index (χ0n) is 19.5. The van der Waals surface area contributed by atoms with Crippen molar-refractivity contribution in [1.82, 2.24) is 24.7 Å². The van der Waals surface area contributed by atoms with Crippen molar-refractivity contribution >= 4 is 73.0 Å². The van der Waals surface area contributed by atoms with E-state index in [4.69, 9.17) is 11.5 Å². The van der Waals surface area contributed by atoms with Crippen molar-refractivity contribution in [2.24, 2.45) is 0 Å². The van der Waals surface area contributed by atoms with Crippen LogP contribution in [0.1, 0.15) is 11.1 Å². The molecule has 0 bridgehead atoms. The van der Waals surface area contributed by atoms with E-state index in [9.17, 15) is 4.39 Å². The number of nitrogens with zero attached hydrogens (tertiary/aromatic N) is 5. The van der Waals surface area contributed by atoms with E-state index in [-0.39, 0.29) is 55.4 Å². The van der Waals surface area contributed by atoms with Crippen LogP contribution < -0.4 is 11.5 Å². The smallest absolute Gasteiger partial charge is 0.191 e. The molecule has 13 heteroatoms. The lowest BCUT2D eigenvalue weighted by atomic mass is 10.1. The fourth-order valence-corrected chi connectivity index (χ4v) is 4.25. The van der Waals surface area contributed by atoms with Gasteiger partial charge in [-0.15, -0.1) is 49.6 Å².